The van der Waals surface area contributed by atoms with Gasteiger partial charge in [-0.3, -0.25) is 4.79 Å². The molecule has 5 nitrogen and oxygen atoms in total. The van der Waals surface area contributed by atoms with Crippen molar-refractivity contribution in [2.45, 2.75) is 52.2 Å². The predicted molar refractivity (Wildman–Crippen MR) is 71.5 cm³/mol. The Bertz CT molecular complexity index is 389. The molecule has 2 rings (SSSR count). The third-order valence-electron chi connectivity index (χ3n) is 4.32. The summed E-state index contributed by atoms with van der Waals surface area (Å²) < 4.78 is 4.85. The lowest BCUT2D eigenvalue weighted by Crippen LogP contribution is -2.65. The van der Waals surface area contributed by atoms with Crippen molar-refractivity contribution < 1.29 is 14.3 Å². The van der Waals surface area contributed by atoms with E-state index in [-0.39, 0.29) is 29.4 Å². The zero-order valence-electron chi connectivity index (χ0n) is 12.4. The molecule has 0 radical (unpaired) electrons. The van der Waals surface area contributed by atoms with E-state index in [1.807, 2.05) is 20.8 Å². The van der Waals surface area contributed by atoms with Crippen molar-refractivity contribution in [3.8, 4) is 0 Å². The van der Waals surface area contributed by atoms with E-state index in [2.05, 4.69) is 12.2 Å². The molecular formula is C14H24N2O3. The smallest absolute Gasteiger partial charge is 0.328 e. The van der Waals surface area contributed by atoms with E-state index in [4.69, 9.17) is 4.74 Å². The molecule has 0 aromatic rings. The molecule has 108 valence electrons. The second kappa shape index (κ2) is 4.78. The number of carbonyl (C=O) groups excluding carboxylic acids is 2. The van der Waals surface area contributed by atoms with Gasteiger partial charge in [0.05, 0.1) is 13.2 Å². The molecule has 0 aliphatic carbocycles. The minimum atomic E-state index is -0.413. The molecule has 4 atom stereocenters. The Morgan fingerprint density at radius 2 is 2.05 bits per heavy atom. The molecule has 0 spiro atoms. The van der Waals surface area contributed by atoms with Gasteiger partial charge in [0, 0.05) is 12.6 Å². The van der Waals surface area contributed by atoms with Crippen LogP contribution in [-0.2, 0) is 14.3 Å². The fraction of sp³-hybridized carbons (Fsp3) is 0.857. The Labute approximate surface area is 114 Å². The summed E-state index contributed by atoms with van der Waals surface area (Å²) in [5.74, 6) is 0.0576. The van der Waals surface area contributed by atoms with Gasteiger partial charge in [0.1, 0.15) is 6.04 Å². The first-order chi connectivity index (χ1) is 8.77. The first kappa shape index (κ1) is 14.3. The summed E-state index contributed by atoms with van der Waals surface area (Å²) >= 11 is 0. The third kappa shape index (κ3) is 2.36. The van der Waals surface area contributed by atoms with Crippen molar-refractivity contribution in [2.24, 2.45) is 11.3 Å². The van der Waals surface area contributed by atoms with Gasteiger partial charge in [0.15, 0.2) is 0 Å². The quantitative estimate of drug-likeness (QED) is 0.714. The molecule has 19 heavy (non-hydrogen) atoms. The Morgan fingerprint density at radius 3 is 2.58 bits per heavy atom. The van der Waals surface area contributed by atoms with Gasteiger partial charge in [0.2, 0.25) is 5.91 Å². The van der Waals surface area contributed by atoms with Gasteiger partial charge in [-0.15, -0.1) is 0 Å². The SMILES string of the molecule is COC(=O)[C@@H]1C[C@@H](C)[C@H]2CN[C@H](C(C)(C)C)C(=O)N21. The molecule has 2 heterocycles. The van der Waals surface area contributed by atoms with Crippen molar-refractivity contribution in [1.82, 2.24) is 10.2 Å². The summed E-state index contributed by atoms with van der Waals surface area (Å²) in [5.41, 5.74) is -0.158. The lowest BCUT2D eigenvalue weighted by atomic mass is 9.84. The Hall–Kier alpha value is -1.10. The maximum absolute atomic E-state index is 12.7. The van der Waals surface area contributed by atoms with Crippen LogP contribution in [0.5, 0.6) is 0 Å². The summed E-state index contributed by atoms with van der Waals surface area (Å²) in [6.07, 6.45) is 0.696. The normalized spacial score (nSPS) is 35.2. The van der Waals surface area contributed by atoms with E-state index in [0.717, 1.165) is 6.54 Å². The van der Waals surface area contributed by atoms with Crippen LogP contribution in [0, 0.1) is 11.3 Å². The summed E-state index contributed by atoms with van der Waals surface area (Å²) in [5, 5.41) is 3.34. The van der Waals surface area contributed by atoms with Gasteiger partial charge in [-0.2, -0.15) is 0 Å². The molecule has 2 fully saturated rings. The maximum atomic E-state index is 12.7. The largest absolute Gasteiger partial charge is 0.467 e. The van der Waals surface area contributed by atoms with Crippen LogP contribution >= 0.6 is 0 Å². The Balaban J connectivity index is 2.27. The molecule has 1 N–H and O–H groups in total. The second-order valence-corrected chi connectivity index (χ2v) is 6.77. The predicted octanol–water partition coefficient (Wildman–Crippen LogP) is 0.783. The van der Waals surface area contributed by atoms with Crippen LogP contribution in [0.2, 0.25) is 0 Å². The van der Waals surface area contributed by atoms with Crippen LogP contribution < -0.4 is 5.32 Å². The van der Waals surface area contributed by atoms with E-state index >= 15 is 0 Å². The fourth-order valence-electron chi connectivity index (χ4n) is 3.24. The van der Waals surface area contributed by atoms with Gasteiger partial charge in [-0.1, -0.05) is 27.7 Å². The number of carbonyl (C=O) groups is 2. The average molecular weight is 268 g/mol. The molecule has 5 heteroatoms. The summed E-state index contributed by atoms with van der Waals surface area (Å²) in [6.45, 7) is 8.95. The number of amides is 1. The van der Waals surface area contributed by atoms with Gasteiger partial charge >= 0.3 is 5.97 Å². The summed E-state index contributed by atoms with van der Waals surface area (Å²) in [4.78, 5) is 26.3. The van der Waals surface area contributed by atoms with Crippen molar-refractivity contribution in [1.29, 1.82) is 0 Å². The number of fused-ring (bicyclic) bond motifs is 1. The summed E-state index contributed by atoms with van der Waals surface area (Å²) in [6, 6.07) is -0.541. The number of rotatable bonds is 1. The molecule has 0 saturated carbocycles. The van der Waals surface area contributed by atoms with Gasteiger partial charge in [-0.25, -0.2) is 4.79 Å². The average Bonchev–Trinajstić information content (AvgIpc) is 2.66. The number of hydrogen-bond acceptors (Lipinski definition) is 4. The van der Waals surface area contributed by atoms with E-state index < -0.39 is 6.04 Å². The number of esters is 1. The fourth-order valence-corrected chi connectivity index (χ4v) is 3.24. The number of nitrogens with zero attached hydrogens (tertiary/aromatic N) is 1. The molecule has 2 aliphatic heterocycles. The number of piperazine rings is 1. The van der Waals surface area contributed by atoms with Crippen LogP contribution in [0.15, 0.2) is 0 Å². The van der Waals surface area contributed by atoms with Crippen LogP contribution in [0.4, 0.5) is 0 Å². The van der Waals surface area contributed by atoms with Crippen molar-refractivity contribution >= 4 is 11.9 Å². The molecule has 0 aromatic heterocycles. The van der Waals surface area contributed by atoms with Gasteiger partial charge in [-0.05, 0) is 17.8 Å². The highest BCUT2D eigenvalue weighted by atomic mass is 16.5. The van der Waals surface area contributed by atoms with E-state index in [1.165, 1.54) is 7.11 Å². The van der Waals surface area contributed by atoms with E-state index in [9.17, 15) is 9.59 Å². The van der Waals surface area contributed by atoms with Crippen molar-refractivity contribution in [3.63, 3.8) is 0 Å². The topological polar surface area (TPSA) is 58.6 Å². The molecular weight excluding hydrogens is 244 g/mol. The Morgan fingerprint density at radius 1 is 1.42 bits per heavy atom. The minimum Gasteiger partial charge on any atom is -0.467 e. The number of nitrogens with one attached hydrogen (secondary N) is 1. The van der Waals surface area contributed by atoms with Crippen LogP contribution in [0.1, 0.15) is 34.1 Å². The molecule has 0 aromatic carbocycles. The second-order valence-electron chi connectivity index (χ2n) is 6.77. The first-order valence-electron chi connectivity index (χ1n) is 6.90. The Kier molecular flexibility index (Phi) is 3.60. The minimum absolute atomic E-state index is 0.0310. The van der Waals surface area contributed by atoms with Gasteiger partial charge < -0.3 is 15.0 Å². The number of methoxy groups -OCH3 is 1. The maximum Gasteiger partial charge on any atom is 0.328 e. The highest BCUT2D eigenvalue weighted by molar-refractivity contribution is 5.89. The number of hydrogen-bond donors (Lipinski definition) is 1. The van der Waals surface area contributed by atoms with Crippen LogP contribution in [0.3, 0.4) is 0 Å². The zero-order valence-corrected chi connectivity index (χ0v) is 12.4. The standard InChI is InChI=1S/C14H24N2O3/c1-8-6-9(13(18)19-5)16-10(8)7-15-11(12(16)17)14(2,3)4/h8-11,15H,6-7H2,1-5H3/t8-,9+,10-,11+/m1/s1. The molecule has 0 bridgehead atoms. The van der Waals surface area contributed by atoms with Crippen LogP contribution in [-0.4, -0.2) is 48.6 Å². The summed E-state index contributed by atoms with van der Waals surface area (Å²) in [7, 11) is 1.38. The molecule has 0 unspecified atom stereocenters. The zero-order chi connectivity index (χ0) is 14.4. The lowest BCUT2D eigenvalue weighted by Gasteiger charge is -2.43. The molecule has 2 saturated heterocycles. The van der Waals surface area contributed by atoms with Crippen molar-refractivity contribution in [3.05, 3.63) is 0 Å². The monoisotopic (exact) mass is 268 g/mol. The lowest BCUT2D eigenvalue weighted by molar-refractivity contribution is -0.156. The van der Waals surface area contributed by atoms with Crippen molar-refractivity contribution in [2.75, 3.05) is 13.7 Å². The van der Waals surface area contributed by atoms with Gasteiger partial charge in [0.25, 0.3) is 0 Å². The highest BCUT2D eigenvalue weighted by Crippen LogP contribution is 2.35. The van der Waals surface area contributed by atoms with E-state index in [1.54, 1.807) is 4.90 Å². The third-order valence-corrected chi connectivity index (χ3v) is 4.32. The highest BCUT2D eigenvalue weighted by Gasteiger charge is 2.51. The molecule has 1 amide bonds. The van der Waals surface area contributed by atoms with Crippen LogP contribution in [0.25, 0.3) is 0 Å². The molecule has 2 aliphatic rings. The number of ether oxygens (including phenoxy) is 1. The first-order valence-corrected chi connectivity index (χ1v) is 6.90. The van der Waals surface area contributed by atoms with E-state index in [0.29, 0.717) is 12.3 Å².